The molecule has 0 bridgehead atoms. The zero-order chi connectivity index (χ0) is 41.9. The van der Waals surface area contributed by atoms with E-state index >= 15 is 8.78 Å². The van der Waals surface area contributed by atoms with Gasteiger partial charge in [0.05, 0.1) is 42.8 Å². The Hall–Kier alpha value is -6.02. The highest BCUT2D eigenvalue weighted by molar-refractivity contribution is 5.90. The molecule has 2 aliphatic heterocycles. The smallest absolute Gasteiger partial charge is 0.149 e. The molecule has 6 nitrogen and oxygen atoms in total. The van der Waals surface area contributed by atoms with Gasteiger partial charge in [0.25, 0.3) is 0 Å². The first kappa shape index (κ1) is 39.8. The van der Waals surface area contributed by atoms with E-state index in [2.05, 4.69) is 91.8 Å². The summed E-state index contributed by atoms with van der Waals surface area (Å²) in [5, 5.41) is 22.9. The van der Waals surface area contributed by atoms with E-state index in [1.165, 1.54) is 34.4 Å². The summed E-state index contributed by atoms with van der Waals surface area (Å²) in [4.78, 5) is 7.78. The van der Waals surface area contributed by atoms with Crippen LogP contribution in [0.2, 0.25) is 0 Å². The zero-order valence-electron chi connectivity index (χ0n) is 35.3. The molecule has 0 saturated carbocycles. The number of aromatic hydroxyl groups is 2. The molecule has 0 aliphatic carbocycles. The minimum Gasteiger partial charge on any atom is -0.506 e. The summed E-state index contributed by atoms with van der Waals surface area (Å²) in [6.45, 7) is 18.2. The second-order valence-corrected chi connectivity index (χ2v) is 17.2. The number of halogens is 2. The Morgan fingerprint density at radius 1 is 0.458 bits per heavy atom. The highest BCUT2D eigenvalue weighted by atomic mass is 19.1. The van der Waals surface area contributed by atoms with Crippen LogP contribution < -0.4 is 19.6 Å². The maximum Gasteiger partial charge on any atom is 0.149 e. The molecule has 59 heavy (non-hydrogen) atoms. The summed E-state index contributed by atoms with van der Waals surface area (Å²) < 4.78 is 32.2. The van der Waals surface area contributed by atoms with Crippen LogP contribution in [-0.4, -0.2) is 30.2 Å². The molecule has 0 amide bonds. The maximum atomic E-state index is 16.1. The van der Waals surface area contributed by atoms with Crippen molar-refractivity contribution in [3.05, 3.63) is 143 Å². The molecular formula is C51H54F2N4O2. The fourth-order valence-electron chi connectivity index (χ4n) is 9.09. The molecule has 0 fully saturated rings. The number of rotatable bonds is 10. The van der Waals surface area contributed by atoms with Crippen LogP contribution in [0.4, 0.5) is 42.9 Å². The van der Waals surface area contributed by atoms with Crippen molar-refractivity contribution >= 4 is 34.1 Å². The maximum absolute atomic E-state index is 16.1. The molecule has 2 aliphatic rings. The van der Waals surface area contributed by atoms with Crippen LogP contribution in [0.5, 0.6) is 11.5 Å². The van der Waals surface area contributed by atoms with Crippen LogP contribution >= 0.6 is 0 Å². The quantitative estimate of drug-likeness (QED) is 0.144. The summed E-state index contributed by atoms with van der Waals surface area (Å²) >= 11 is 0. The molecule has 6 aromatic carbocycles. The molecule has 8 heteroatoms. The molecule has 0 unspecified atom stereocenters. The Labute approximate surface area is 347 Å². The minimum atomic E-state index is -0.404. The molecule has 304 valence electrons. The average Bonchev–Trinajstić information content (AvgIpc) is 3.77. The summed E-state index contributed by atoms with van der Waals surface area (Å²) in [6.07, 6.45) is 0. The van der Waals surface area contributed by atoms with Gasteiger partial charge in [-0.1, -0.05) is 116 Å². The van der Waals surface area contributed by atoms with E-state index in [1.54, 1.807) is 24.3 Å². The number of para-hydroxylation sites is 2. The standard InChI is InChI=1S/C51H54F2N4O2/c1-30(2)36-13-9-14-37(31(3)4)48(36)34-21-23-46(58)44(25-34)56-28-54(42-19-11-17-40(52)50(42)56)27-55-29-57(51-41(53)18-12-20-43(51)55)45-26-35(22-24-47(45)59)49-38(32(5)6)15-10-16-39(49)33(7)8/h9-26,30-33,58-59H,27-29H2,1-8H3. The summed E-state index contributed by atoms with van der Waals surface area (Å²) in [5.41, 5.74) is 12.1. The van der Waals surface area contributed by atoms with E-state index in [0.717, 1.165) is 22.3 Å². The van der Waals surface area contributed by atoms with E-state index in [9.17, 15) is 10.2 Å². The molecule has 0 aromatic heterocycles. The Balaban J connectivity index is 1.17. The van der Waals surface area contributed by atoms with E-state index in [0.29, 0.717) is 34.1 Å². The third kappa shape index (κ3) is 7.02. The Morgan fingerprint density at radius 3 is 1.14 bits per heavy atom. The first-order chi connectivity index (χ1) is 28.2. The fourth-order valence-corrected chi connectivity index (χ4v) is 9.09. The van der Waals surface area contributed by atoms with Crippen molar-refractivity contribution in [1.29, 1.82) is 0 Å². The predicted molar refractivity (Wildman–Crippen MR) is 240 cm³/mol. The zero-order valence-corrected chi connectivity index (χ0v) is 35.3. The number of benzene rings is 6. The van der Waals surface area contributed by atoms with Gasteiger partial charge in [-0.25, -0.2) is 8.78 Å². The Morgan fingerprint density at radius 2 is 0.797 bits per heavy atom. The summed E-state index contributed by atoms with van der Waals surface area (Å²) in [5.74, 6) is 0.371. The lowest BCUT2D eigenvalue weighted by molar-refractivity contribution is 0.475. The van der Waals surface area contributed by atoms with Crippen molar-refractivity contribution in [2.45, 2.75) is 79.1 Å². The van der Waals surface area contributed by atoms with Gasteiger partial charge in [-0.3, -0.25) is 0 Å². The van der Waals surface area contributed by atoms with Gasteiger partial charge in [-0.2, -0.15) is 0 Å². The molecule has 6 aromatic rings. The molecule has 2 N–H and O–H groups in total. The van der Waals surface area contributed by atoms with Gasteiger partial charge in [0.2, 0.25) is 0 Å². The van der Waals surface area contributed by atoms with Crippen LogP contribution in [0.3, 0.4) is 0 Å². The van der Waals surface area contributed by atoms with Gasteiger partial charge in [0, 0.05) is 0 Å². The third-order valence-electron chi connectivity index (χ3n) is 12.0. The van der Waals surface area contributed by atoms with Gasteiger partial charge in [-0.05, 0) is 117 Å². The molecular weight excluding hydrogens is 739 g/mol. The van der Waals surface area contributed by atoms with E-state index in [-0.39, 0.29) is 55.2 Å². The van der Waals surface area contributed by atoms with Crippen molar-refractivity contribution in [2.75, 3.05) is 39.6 Å². The van der Waals surface area contributed by atoms with E-state index < -0.39 is 11.6 Å². The number of fused-ring (bicyclic) bond motifs is 2. The second-order valence-electron chi connectivity index (χ2n) is 17.2. The van der Waals surface area contributed by atoms with Gasteiger partial charge in [0.15, 0.2) is 0 Å². The van der Waals surface area contributed by atoms with E-state index in [1.807, 2.05) is 56.0 Å². The first-order valence-electron chi connectivity index (χ1n) is 20.8. The normalized spacial score (nSPS) is 13.8. The summed E-state index contributed by atoms with van der Waals surface area (Å²) in [7, 11) is 0. The van der Waals surface area contributed by atoms with Crippen molar-refractivity contribution in [2.24, 2.45) is 0 Å². The van der Waals surface area contributed by atoms with Crippen LogP contribution in [0.25, 0.3) is 22.3 Å². The first-order valence-corrected chi connectivity index (χ1v) is 20.8. The van der Waals surface area contributed by atoms with Crippen molar-refractivity contribution in [3.8, 4) is 33.8 Å². The number of hydrogen-bond donors (Lipinski definition) is 2. The molecule has 8 rings (SSSR count). The van der Waals surface area contributed by atoms with Crippen LogP contribution in [-0.2, 0) is 0 Å². The molecule has 0 saturated heterocycles. The Kier molecular flexibility index (Phi) is 10.5. The van der Waals surface area contributed by atoms with Gasteiger partial charge in [0.1, 0.15) is 34.5 Å². The topological polar surface area (TPSA) is 53.4 Å². The number of phenolic OH excluding ortho intramolecular Hbond substituents is 2. The largest absolute Gasteiger partial charge is 0.506 e. The lowest BCUT2D eigenvalue weighted by Crippen LogP contribution is -2.40. The van der Waals surface area contributed by atoms with Crippen LogP contribution in [0, 0.1) is 11.6 Å². The Bertz CT molecular complexity index is 2320. The molecule has 2 heterocycles. The SMILES string of the molecule is CC(C)c1cccc(C(C)C)c1-c1ccc(O)c(N2CN(CN3CN(c4cc(-c5c(C(C)C)cccc5C(C)C)ccc4O)c4c(F)cccc43)c3cccc(F)c32)c1. The van der Waals surface area contributed by atoms with Crippen molar-refractivity contribution in [1.82, 2.24) is 0 Å². The number of anilines is 6. The average molecular weight is 793 g/mol. The third-order valence-corrected chi connectivity index (χ3v) is 12.0. The van der Waals surface area contributed by atoms with Crippen molar-refractivity contribution in [3.63, 3.8) is 0 Å². The number of nitrogens with zero attached hydrogens (tertiary/aromatic N) is 4. The lowest BCUT2D eigenvalue weighted by atomic mass is 9.85. The minimum absolute atomic E-state index is 0.0488. The highest BCUT2D eigenvalue weighted by Gasteiger charge is 2.37. The van der Waals surface area contributed by atoms with Crippen molar-refractivity contribution < 1.29 is 19.0 Å². The van der Waals surface area contributed by atoms with Crippen LogP contribution in [0.1, 0.15) is 101 Å². The second kappa shape index (κ2) is 15.6. The lowest BCUT2D eigenvalue weighted by Gasteiger charge is -2.29. The molecule has 0 radical (unpaired) electrons. The van der Waals surface area contributed by atoms with E-state index in [4.69, 9.17) is 0 Å². The van der Waals surface area contributed by atoms with Crippen LogP contribution in [0.15, 0.2) is 109 Å². The monoisotopic (exact) mass is 792 g/mol. The number of phenols is 2. The van der Waals surface area contributed by atoms with Gasteiger partial charge >= 0.3 is 0 Å². The van der Waals surface area contributed by atoms with Gasteiger partial charge in [-0.15, -0.1) is 0 Å². The highest BCUT2D eigenvalue weighted by Crippen LogP contribution is 2.50. The fraction of sp³-hybridized carbons (Fsp3) is 0.294. The molecule has 0 atom stereocenters. The van der Waals surface area contributed by atoms with Gasteiger partial charge < -0.3 is 29.8 Å². The number of hydrogen-bond acceptors (Lipinski definition) is 6. The predicted octanol–water partition coefficient (Wildman–Crippen LogP) is 13.7. The summed E-state index contributed by atoms with van der Waals surface area (Å²) in [6, 6.07) is 34.2. The molecule has 0 spiro atoms.